The number of hydrogen-bond donors (Lipinski definition) is 1. The highest BCUT2D eigenvalue weighted by atomic mass is 32.2. The maximum absolute atomic E-state index is 9.66. The average Bonchev–Trinajstić information content (AvgIpc) is 3.21. The van der Waals surface area contributed by atoms with Gasteiger partial charge in [-0.15, -0.1) is 0 Å². The van der Waals surface area contributed by atoms with Crippen LogP contribution in [0.2, 0.25) is 0 Å². The zero-order valence-electron chi connectivity index (χ0n) is 16.0. The number of para-hydroxylation sites is 2. The fourth-order valence-corrected chi connectivity index (χ4v) is 4.15. The fraction of sp³-hybridized carbons (Fsp3) is 0.130. The summed E-state index contributed by atoms with van der Waals surface area (Å²) in [4.78, 5) is 8.42. The van der Waals surface area contributed by atoms with E-state index < -0.39 is 0 Å². The molecule has 0 aliphatic carbocycles. The summed E-state index contributed by atoms with van der Waals surface area (Å²) in [6.07, 6.45) is 1.94. The van der Waals surface area contributed by atoms with Crippen molar-refractivity contribution in [1.29, 1.82) is 5.26 Å². The van der Waals surface area contributed by atoms with Crippen LogP contribution in [0.5, 0.6) is 0 Å². The molecule has 0 amide bonds. The number of nitrogens with one attached hydrogen (secondary N) is 1. The molecule has 28 heavy (non-hydrogen) atoms. The molecule has 4 rings (SSSR count). The van der Waals surface area contributed by atoms with Crippen LogP contribution in [0, 0.1) is 32.1 Å². The predicted octanol–water partition coefficient (Wildman–Crippen LogP) is 5.94. The van der Waals surface area contributed by atoms with E-state index in [0.29, 0.717) is 4.91 Å². The summed E-state index contributed by atoms with van der Waals surface area (Å²) < 4.78 is 2.22. The largest absolute Gasteiger partial charge is 0.333 e. The first-order chi connectivity index (χ1) is 13.5. The first-order valence-electron chi connectivity index (χ1n) is 9.05. The van der Waals surface area contributed by atoms with Crippen molar-refractivity contribution in [3.63, 3.8) is 0 Å². The van der Waals surface area contributed by atoms with Crippen molar-refractivity contribution in [2.24, 2.45) is 0 Å². The minimum Gasteiger partial charge on any atom is -0.333 e. The molecule has 2 aromatic heterocycles. The van der Waals surface area contributed by atoms with Gasteiger partial charge in [-0.05, 0) is 80.1 Å². The smallest absolute Gasteiger partial charge is 0.171 e. The van der Waals surface area contributed by atoms with Gasteiger partial charge in [0.1, 0.15) is 6.07 Å². The lowest BCUT2D eigenvalue weighted by Gasteiger charge is -2.10. The highest BCUT2D eigenvalue weighted by Gasteiger charge is 2.12. The van der Waals surface area contributed by atoms with Gasteiger partial charge in [-0.25, -0.2) is 4.98 Å². The van der Waals surface area contributed by atoms with Crippen LogP contribution >= 0.6 is 11.8 Å². The van der Waals surface area contributed by atoms with Crippen LogP contribution in [-0.2, 0) is 0 Å². The molecule has 1 N–H and O–H groups in total. The normalized spacial score (nSPS) is 11.7. The Morgan fingerprint density at radius 2 is 1.93 bits per heavy atom. The zero-order valence-corrected chi connectivity index (χ0v) is 16.8. The van der Waals surface area contributed by atoms with Crippen molar-refractivity contribution in [3.8, 4) is 11.8 Å². The summed E-state index contributed by atoms with van der Waals surface area (Å²) in [6.45, 7) is 6.27. The van der Waals surface area contributed by atoms with Gasteiger partial charge in [0.05, 0.1) is 15.9 Å². The first-order valence-corrected chi connectivity index (χ1v) is 9.87. The highest BCUT2D eigenvalue weighted by Crippen LogP contribution is 2.30. The van der Waals surface area contributed by atoms with E-state index in [1.54, 1.807) is 0 Å². The number of hydrogen-bond acceptors (Lipinski definition) is 3. The van der Waals surface area contributed by atoms with Crippen molar-refractivity contribution in [3.05, 3.63) is 82.0 Å². The van der Waals surface area contributed by atoms with Gasteiger partial charge in [0.15, 0.2) is 5.16 Å². The minimum absolute atomic E-state index is 0.601. The van der Waals surface area contributed by atoms with Gasteiger partial charge in [-0.2, -0.15) is 5.26 Å². The molecule has 0 bridgehead atoms. The molecular weight excluding hydrogens is 364 g/mol. The summed E-state index contributed by atoms with van der Waals surface area (Å²) in [5.41, 5.74) is 7.53. The SMILES string of the molecule is Cc1cccc(-n2c(C)cc(/C=C(\C#N)Sc3nc4ccccc4[nH]3)c2C)c1. The second-order valence-corrected chi connectivity index (χ2v) is 7.81. The lowest BCUT2D eigenvalue weighted by atomic mass is 10.2. The van der Waals surface area contributed by atoms with Gasteiger partial charge in [0, 0.05) is 17.1 Å². The molecule has 4 aromatic rings. The number of allylic oxidation sites excluding steroid dienone is 1. The quantitative estimate of drug-likeness (QED) is 0.350. The van der Waals surface area contributed by atoms with Gasteiger partial charge in [0.2, 0.25) is 0 Å². The van der Waals surface area contributed by atoms with Gasteiger partial charge >= 0.3 is 0 Å². The molecule has 0 saturated heterocycles. The summed E-state index contributed by atoms with van der Waals surface area (Å²) in [5, 5.41) is 10.4. The number of thioether (sulfide) groups is 1. The third-order valence-electron chi connectivity index (χ3n) is 4.70. The molecule has 0 unspecified atom stereocenters. The molecule has 4 nitrogen and oxygen atoms in total. The molecule has 138 valence electrons. The summed E-state index contributed by atoms with van der Waals surface area (Å²) in [7, 11) is 0. The summed E-state index contributed by atoms with van der Waals surface area (Å²) in [6, 6.07) is 20.7. The van der Waals surface area contributed by atoms with Crippen molar-refractivity contribution < 1.29 is 0 Å². The molecule has 0 aliphatic rings. The molecule has 0 spiro atoms. The number of aromatic nitrogens is 3. The van der Waals surface area contributed by atoms with Crippen LogP contribution in [0.25, 0.3) is 22.8 Å². The standard InChI is InChI=1S/C23H20N4S/c1-15-7-6-8-19(11-15)27-16(2)12-18(17(27)3)13-20(14-24)28-23-25-21-9-4-5-10-22(21)26-23/h4-13H,1-3H3,(H,25,26)/b20-13+. The van der Waals surface area contributed by atoms with E-state index >= 15 is 0 Å². The molecule has 0 saturated carbocycles. The monoisotopic (exact) mass is 384 g/mol. The molecular formula is C23H20N4S. The Kier molecular flexibility index (Phi) is 4.81. The van der Waals surface area contributed by atoms with Crippen LogP contribution in [0.15, 0.2) is 64.7 Å². The number of nitriles is 1. The highest BCUT2D eigenvalue weighted by molar-refractivity contribution is 8.03. The van der Waals surface area contributed by atoms with E-state index in [2.05, 4.69) is 71.7 Å². The van der Waals surface area contributed by atoms with Crippen molar-refractivity contribution in [2.45, 2.75) is 25.9 Å². The van der Waals surface area contributed by atoms with Crippen LogP contribution in [0.1, 0.15) is 22.5 Å². The van der Waals surface area contributed by atoms with Gasteiger partial charge in [0.25, 0.3) is 0 Å². The second kappa shape index (κ2) is 7.41. The van der Waals surface area contributed by atoms with Crippen LogP contribution < -0.4 is 0 Å². The number of benzene rings is 2. The summed E-state index contributed by atoms with van der Waals surface area (Å²) >= 11 is 1.36. The van der Waals surface area contributed by atoms with Crippen LogP contribution in [-0.4, -0.2) is 14.5 Å². The number of aryl methyl sites for hydroxylation is 2. The zero-order chi connectivity index (χ0) is 19.7. The van der Waals surface area contributed by atoms with Crippen LogP contribution in [0.4, 0.5) is 0 Å². The molecule has 0 aliphatic heterocycles. The Morgan fingerprint density at radius 1 is 1.11 bits per heavy atom. The number of rotatable bonds is 4. The third kappa shape index (κ3) is 3.47. The van der Waals surface area contributed by atoms with E-state index in [-0.39, 0.29) is 0 Å². The third-order valence-corrected chi connectivity index (χ3v) is 5.52. The second-order valence-electron chi connectivity index (χ2n) is 6.78. The lowest BCUT2D eigenvalue weighted by Crippen LogP contribution is -1.99. The van der Waals surface area contributed by atoms with E-state index in [1.807, 2.05) is 30.3 Å². The molecule has 0 fully saturated rings. The van der Waals surface area contributed by atoms with E-state index in [1.165, 1.54) is 17.3 Å². The fourth-order valence-electron chi connectivity index (χ4n) is 3.41. The van der Waals surface area contributed by atoms with Crippen molar-refractivity contribution in [2.75, 3.05) is 0 Å². The Hall–Kier alpha value is -3.23. The number of aromatic amines is 1. The molecule has 5 heteroatoms. The summed E-state index contributed by atoms with van der Waals surface area (Å²) in [5.74, 6) is 0. The molecule has 2 aromatic carbocycles. The van der Waals surface area contributed by atoms with Gasteiger partial charge in [-0.3, -0.25) is 0 Å². The van der Waals surface area contributed by atoms with Gasteiger partial charge < -0.3 is 9.55 Å². The number of H-pyrrole nitrogens is 1. The predicted molar refractivity (Wildman–Crippen MR) is 116 cm³/mol. The topological polar surface area (TPSA) is 57.4 Å². The first kappa shape index (κ1) is 18.1. The molecule has 0 radical (unpaired) electrons. The maximum atomic E-state index is 9.66. The van der Waals surface area contributed by atoms with Crippen LogP contribution in [0.3, 0.4) is 0 Å². The molecule has 2 heterocycles. The minimum atomic E-state index is 0.601. The number of fused-ring (bicyclic) bond motifs is 1. The number of nitrogens with zero attached hydrogens (tertiary/aromatic N) is 3. The van der Waals surface area contributed by atoms with Crippen molar-refractivity contribution >= 4 is 28.9 Å². The van der Waals surface area contributed by atoms with E-state index in [0.717, 1.165) is 38.8 Å². The molecule has 0 atom stereocenters. The van der Waals surface area contributed by atoms with E-state index in [9.17, 15) is 5.26 Å². The Balaban J connectivity index is 1.69. The van der Waals surface area contributed by atoms with Crippen molar-refractivity contribution in [1.82, 2.24) is 14.5 Å². The maximum Gasteiger partial charge on any atom is 0.171 e. The van der Waals surface area contributed by atoms with Gasteiger partial charge in [-0.1, -0.05) is 24.3 Å². The average molecular weight is 385 g/mol. The Morgan fingerprint density at radius 3 is 2.68 bits per heavy atom. The lowest BCUT2D eigenvalue weighted by molar-refractivity contribution is 0.962. The number of imidazole rings is 1. The Labute approximate surface area is 168 Å². The van der Waals surface area contributed by atoms with E-state index in [4.69, 9.17) is 0 Å². The Bertz CT molecular complexity index is 1200.